The molecule has 2 fully saturated rings. The SMILES string of the molecule is CCS[C@@H]1OC2COC(c3ccccc3)O[C@H]2[C@@H](OCc2ccccc2)C1N1C(=O)c2ccccc2C1=O. The van der Waals surface area contributed by atoms with E-state index >= 15 is 0 Å². The Bertz CT molecular complexity index is 1250. The Morgan fingerprint density at radius 1 is 0.868 bits per heavy atom. The molecular formula is C30H29NO6S. The molecule has 0 aromatic heterocycles. The molecule has 3 aliphatic heterocycles. The van der Waals surface area contributed by atoms with Crippen LogP contribution in [0.25, 0.3) is 0 Å². The predicted octanol–water partition coefficient (Wildman–Crippen LogP) is 4.83. The lowest BCUT2D eigenvalue weighted by Gasteiger charge is -2.51. The highest BCUT2D eigenvalue weighted by atomic mass is 32.2. The molecule has 0 aliphatic carbocycles. The summed E-state index contributed by atoms with van der Waals surface area (Å²) in [5.74, 6) is 0.0697. The number of hydrogen-bond donors (Lipinski definition) is 0. The third kappa shape index (κ3) is 4.67. The molecule has 3 aromatic carbocycles. The maximum atomic E-state index is 13.6. The van der Waals surface area contributed by atoms with Gasteiger partial charge in [0.15, 0.2) is 6.29 Å². The number of thioether (sulfide) groups is 1. The Balaban J connectivity index is 1.37. The van der Waals surface area contributed by atoms with Crippen LogP contribution in [0.2, 0.25) is 0 Å². The molecule has 0 N–H and O–H groups in total. The predicted molar refractivity (Wildman–Crippen MR) is 143 cm³/mol. The van der Waals surface area contributed by atoms with Crippen LogP contribution in [-0.2, 0) is 25.6 Å². The van der Waals surface area contributed by atoms with Gasteiger partial charge in [0.25, 0.3) is 11.8 Å². The van der Waals surface area contributed by atoms with Crippen molar-refractivity contribution in [2.45, 2.75) is 49.6 Å². The fourth-order valence-corrected chi connectivity index (χ4v) is 6.37. The van der Waals surface area contributed by atoms with Crippen LogP contribution in [0.1, 0.15) is 45.1 Å². The van der Waals surface area contributed by atoms with Crippen molar-refractivity contribution in [3.05, 3.63) is 107 Å². The Labute approximate surface area is 226 Å². The molecule has 0 bridgehead atoms. The number of carbonyl (C=O) groups is 2. The lowest BCUT2D eigenvalue weighted by Crippen LogP contribution is -2.67. The summed E-state index contributed by atoms with van der Waals surface area (Å²) in [7, 11) is 0. The summed E-state index contributed by atoms with van der Waals surface area (Å²) in [5, 5.41) is 0. The van der Waals surface area contributed by atoms with Gasteiger partial charge >= 0.3 is 0 Å². The first-order valence-corrected chi connectivity index (χ1v) is 13.9. The minimum Gasteiger partial charge on any atom is -0.368 e. The van der Waals surface area contributed by atoms with Crippen LogP contribution >= 0.6 is 11.8 Å². The molecule has 0 saturated carbocycles. The monoisotopic (exact) mass is 531 g/mol. The number of hydrogen-bond acceptors (Lipinski definition) is 7. The van der Waals surface area contributed by atoms with E-state index in [-0.39, 0.29) is 11.8 Å². The van der Waals surface area contributed by atoms with E-state index in [1.54, 1.807) is 36.0 Å². The highest BCUT2D eigenvalue weighted by molar-refractivity contribution is 7.99. The van der Waals surface area contributed by atoms with E-state index in [1.807, 2.05) is 67.6 Å². The average molecular weight is 532 g/mol. The van der Waals surface area contributed by atoms with E-state index in [1.165, 1.54) is 4.90 Å². The van der Waals surface area contributed by atoms with Gasteiger partial charge in [-0.15, -0.1) is 11.8 Å². The number of fused-ring (bicyclic) bond motifs is 2. The van der Waals surface area contributed by atoms with E-state index in [2.05, 4.69) is 0 Å². The zero-order chi connectivity index (χ0) is 26.1. The first-order valence-electron chi connectivity index (χ1n) is 12.9. The second kappa shape index (κ2) is 11.0. The van der Waals surface area contributed by atoms with Crippen LogP contribution in [0, 0.1) is 0 Å². The van der Waals surface area contributed by atoms with Gasteiger partial charge in [-0.1, -0.05) is 79.7 Å². The maximum Gasteiger partial charge on any atom is 0.262 e. The van der Waals surface area contributed by atoms with Gasteiger partial charge in [0.2, 0.25) is 0 Å². The van der Waals surface area contributed by atoms with Crippen molar-refractivity contribution in [2.24, 2.45) is 0 Å². The number of benzene rings is 3. The van der Waals surface area contributed by atoms with Crippen molar-refractivity contribution >= 4 is 23.6 Å². The quantitative estimate of drug-likeness (QED) is 0.405. The summed E-state index contributed by atoms with van der Waals surface area (Å²) >= 11 is 1.55. The van der Waals surface area contributed by atoms with Gasteiger partial charge < -0.3 is 18.9 Å². The van der Waals surface area contributed by atoms with Crippen LogP contribution in [0.15, 0.2) is 84.9 Å². The molecule has 3 heterocycles. The minimum absolute atomic E-state index is 0.304. The second-order valence-corrected chi connectivity index (χ2v) is 10.8. The normalized spacial score (nSPS) is 28.7. The van der Waals surface area contributed by atoms with Crippen LogP contribution in [-0.4, -0.2) is 58.9 Å². The van der Waals surface area contributed by atoms with Gasteiger partial charge in [-0.2, -0.15) is 0 Å². The second-order valence-electron chi connectivity index (χ2n) is 9.45. The molecule has 2 amide bonds. The Kier molecular flexibility index (Phi) is 7.32. The van der Waals surface area contributed by atoms with E-state index in [0.29, 0.717) is 24.3 Å². The van der Waals surface area contributed by atoms with Gasteiger partial charge in [0.1, 0.15) is 29.8 Å². The summed E-state index contributed by atoms with van der Waals surface area (Å²) in [5.41, 5.74) is 2.18. The fourth-order valence-electron chi connectivity index (χ4n) is 5.35. The lowest BCUT2D eigenvalue weighted by molar-refractivity contribution is -0.316. The number of imide groups is 1. The number of carbonyl (C=O) groups excluding carboxylic acids is 2. The first kappa shape index (κ1) is 25.3. The summed E-state index contributed by atoms with van der Waals surface area (Å²) in [6.45, 7) is 2.64. The standard InChI is InChI=1S/C30H29NO6S/c1-2-38-30-24(31-27(32)21-15-9-10-16-22(21)28(31)33)26(34-17-19-11-5-3-6-12-19)25-23(36-30)18-35-29(37-25)20-13-7-4-8-14-20/h3-16,23-26,29-30H,2,17-18H2,1H3/t23?,24?,25-,26+,29?,30+/m1/s1. The number of rotatable bonds is 7. The third-order valence-electron chi connectivity index (χ3n) is 7.12. The van der Waals surface area contributed by atoms with Crippen LogP contribution in [0.3, 0.4) is 0 Å². The van der Waals surface area contributed by atoms with Gasteiger partial charge in [0, 0.05) is 5.56 Å². The molecule has 8 heteroatoms. The van der Waals surface area contributed by atoms with Crippen molar-refractivity contribution in [1.82, 2.24) is 4.90 Å². The highest BCUT2D eigenvalue weighted by Crippen LogP contribution is 2.42. The Morgan fingerprint density at radius 3 is 2.16 bits per heavy atom. The minimum atomic E-state index is -0.688. The molecule has 0 spiro atoms. The molecule has 196 valence electrons. The molecule has 38 heavy (non-hydrogen) atoms. The zero-order valence-corrected chi connectivity index (χ0v) is 21.8. The van der Waals surface area contributed by atoms with E-state index < -0.39 is 36.1 Å². The van der Waals surface area contributed by atoms with Gasteiger partial charge in [0.05, 0.1) is 24.3 Å². The van der Waals surface area contributed by atoms with Crippen LogP contribution in [0.5, 0.6) is 0 Å². The van der Waals surface area contributed by atoms with Gasteiger partial charge in [-0.3, -0.25) is 14.5 Å². The molecule has 6 atom stereocenters. The van der Waals surface area contributed by atoms with E-state index in [0.717, 1.165) is 16.9 Å². The average Bonchev–Trinajstić information content (AvgIpc) is 3.22. The molecule has 6 rings (SSSR count). The summed E-state index contributed by atoms with van der Waals surface area (Å²) in [6, 6.07) is 25.8. The molecule has 3 aromatic rings. The van der Waals surface area contributed by atoms with E-state index in [4.69, 9.17) is 18.9 Å². The van der Waals surface area contributed by atoms with Crippen molar-refractivity contribution in [1.29, 1.82) is 0 Å². The third-order valence-corrected chi connectivity index (χ3v) is 8.17. The largest absolute Gasteiger partial charge is 0.368 e. The fraction of sp³-hybridized carbons (Fsp3) is 0.333. The van der Waals surface area contributed by atoms with Crippen molar-refractivity contribution in [3.63, 3.8) is 0 Å². The maximum absolute atomic E-state index is 13.6. The van der Waals surface area contributed by atoms with E-state index in [9.17, 15) is 9.59 Å². The van der Waals surface area contributed by atoms with Crippen molar-refractivity contribution in [2.75, 3.05) is 12.4 Å². The summed E-state index contributed by atoms with van der Waals surface area (Å²) in [4.78, 5) is 28.6. The molecular weight excluding hydrogens is 502 g/mol. The van der Waals surface area contributed by atoms with Gasteiger partial charge in [-0.25, -0.2) is 0 Å². The Morgan fingerprint density at radius 2 is 1.50 bits per heavy atom. The molecule has 3 aliphatic rings. The topological polar surface area (TPSA) is 74.3 Å². The van der Waals surface area contributed by atoms with Gasteiger partial charge in [-0.05, 0) is 23.4 Å². The number of amides is 2. The zero-order valence-electron chi connectivity index (χ0n) is 21.0. The summed E-state index contributed by atoms with van der Waals surface area (Å²) in [6.07, 6.45) is -2.20. The van der Waals surface area contributed by atoms with Crippen molar-refractivity contribution < 1.29 is 28.5 Å². The Hall–Kier alpha value is -3.01. The molecule has 7 nitrogen and oxygen atoms in total. The molecule has 0 radical (unpaired) electrons. The summed E-state index contributed by atoms with van der Waals surface area (Å²) < 4.78 is 25.7. The smallest absolute Gasteiger partial charge is 0.262 e. The van der Waals surface area contributed by atoms with Crippen molar-refractivity contribution in [3.8, 4) is 0 Å². The number of ether oxygens (including phenoxy) is 4. The molecule has 2 saturated heterocycles. The molecule has 3 unspecified atom stereocenters. The van der Waals surface area contributed by atoms with Crippen LogP contribution < -0.4 is 0 Å². The first-order chi connectivity index (χ1) is 18.7. The van der Waals surface area contributed by atoms with Crippen LogP contribution in [0.4, 0.5) is 0 Å². The lowest BCUT2D eigenvalue weighted by atomic mass is 9.95. The highest BCUT2D eigenvalue weighted by Gasteiger charge is 2.56. The number of nitrogens with zero attached hydrogens (tertiary/aromatic N) is 1.